The Kier molecular flexibility index (Phi) is 4.49. The third-order valence-corrected chi connectivity index (χ3v) is 4.29. The Hall–Kier alpha value is -1.75. The first kappa shape index (κ1) is 14.7. The molecule has 1 amide bonds. The van der Waals surface area contributed by atoms with Gasteiger partial charge in [-0.15, -0.1) is 0 Å². The summed E-state index contributed by atoms with van der Waals surface area (Å²) in [5.74, 6) is 0.409. The lowest BCUT2D eigenvalue weighted by Crippen LogP contribution is -2.38. The highest BCUT2D eigenvalue weighted by Crippen LogP contribution is 2.18. The SMILES string of the molecule is C[C@H](C[S@@](C)=O)N(C)C(=O)c1cccc2ncccc12. The fourth-order valence-corrected chi connectivity index (χ4v) is 3.03. The number of carbonyl (C=O) groups excluding carboxylic acids is 1. The minimum atomic E-state index is -0.923. The minimum absolute atomic E-state index is 0.0680. The number of aromatic nitrogens is 1. The molecule has 0 spiro atoms. The van der Waals surface area contributed by atoms with Crippen LogP contribution in [0.25, 0.3) is 10.9 Å². The van der Waals surface area contributed by atoms with Crippen LogP contribution < -0.4 is 0 Å². The Morgan fingerprint density at radius 1 is 1.35 bits per heavy atom. The van der Waals surface area contributed by atoms with E-state index in [0.717, 1.165) is 10.9 Å². The van der Waals surface area contributed by atoms with Gasteiger partial charge >= 0.3 is 0 Å². The van der Waals surface area contributed by atoms with Crippen molar-refractivity contribution in [2.45, 2.75) is 13.0 Å². The van der Waals surface area contributed by atoms with Crippen molar-refractivity contribution < 1.29 is 9.00 Å². The van der Waals surface area contributed by atoms with Crippen molar-refractivity contribution in [2.75, 3.05) is 19.1 Å². The molecule has 2 aromatic rings. The van der Waals surface area contributed by atoms with Crippen molar-refractivity contribution in [1.82, 2.24) is 9.88 Å². The van der Waals surface area contributed by atoms with E-state index in [4.69, 9.17) is 0 Å². The van der Waals surface area contributed by atoms with Gasteiger partial charge in [-0.3, -0.25) is 14.0 Å². The Balaban J connectivity index is 2.34. The van der Waals surface area contributed by atoms with E-state index < -0.39 is 10.8 Å². The van der Waals surface area contributed by atoms with Gasteiger partial charge in [-0.1, -0.05) is 12.1 Å². The molecular weight excluding hydrogens is 272 g/mol. The van der Waals surface area contributed by atoms with Crippen LogP contribution in [-0.2, 0) is 10.8 Å². The van der Waals surface area contributed by atoms with E-state index in [1.54, 1.807) is 30.5 Å². The Bertz CT molecular complexity index is 652. The molecule has 5 heteroatoms. The van der Waals surface area contributed by atoms with Crippen LogP contribution >= 0.6 is 0 Å². The number of benzene rings is 1. The molecule has 0 radical (unpaired) electrons. The highest BCUT2D eigenvalue weighted by atomic mass is 32.2. The molecule has 0 saturated carbocycles. The van der Waals surface area contributed by atoms with E-state index >= 15 is 0 Å². The lowest BCUT2D eigenvalue weighted by Gasteiger charge is -2.24. The summed E-state index contributed by atoms with van der Waals surface area (Å²) >= 11 is 0. The van der Waals surface area contributed by atoms with Gasteiger partial charge in [0, 0.05) is 53.0 Å². The second kappa shape index (κ2) is 6.13. The standard InChI is InChI=1S/C15H18N2O2S/c1-11(10-20(3)19)17(2)15(18)13-6-4-8-14-12(13)7-5-9-16-14/h4-9,11H,10H2,1-3H3/t11-,20-/m1/s1. The molecule has 2 rings (SSSR count). The van der Waals surface area contributed by atoms with Crippen molar-refractivity contribution in [1.29, 1.82) is 0 Å². The maximum absolute atomic E-state index is 12.6. The molecule has 0 aliphatic rings. The molecule has 0 fully saturated rings. The Morgan fingerprint density at radius 3 is 2.80 bits per heavy atom. The largest absolute Gasteiger partial charge is 0.338 e. The molecule has 0 aliphatic carbocycles. The molecule has 2 atom stereocenters. The summed E-state index contributed by atoms with van der Waals surface area (Å²) in [5.41, 5.74) is 1.44. The van der Waals surface area contributed by atoms with Crippen molar-refractivity contribution in [3.63, 3.8) is 0 Å². The molecule has 1 heterocycles. The monoisotopic (exact) mass is 290 g/mol. The van der Waals surface area contributed by atoms with Gasteiger partial charge in [0.15, 0.2) is 0 Å². The second-order valence-corrected chi connectivity index (χ2v) is 6.36. The quantitative estimate of drug-likeness (QED) is 0.866. The highest BCUT2D eigenvalue weighted by Gasteiger charge is 2.20. The summed E-state index contributed by atoms with van der Waals surface area (Å²) in [5, 5.41) is 0.844. The summed E-state index contributed by atoms with van der Waals surface area (Å²) in [6, 6.07) is 9.17. The van der Waals surface area contributed by atoms with E-state index in [1.165, 1.54) is 0 Å². The first-order valence-electron chi connectivity index (χ1n) is 6.41. The van der Waals surface area contributed by atoms with E-state index in [1.807, 2.05) is 31.2 Å². The fourth-order valence-electron chi connectivity index (χ4n) is 2.13. The van der Waals surface area contributed by atoms with Crippen LogP contribution in [-0.4, -0.2) is 45.1 Å². The van der Waals surface area contributed by atoms with Crippen LogP contribution in [0.4, 0.5) is 0 Å². The summed E-state index contributed by atoms with van der Waals surface area (Å²) in [4.78, 5) is 18.5. The van der Waals surface area contributed by atoms with Crippen LogP contribution in [0.3, 0.4) is 0 Å². The molecule has 4 nitrogen and oxygen atoms in total. The van der Waals surface area contributed by atoms with Gasteiger partial charge in [-0.05, 0) is 25.1 Å². The van der Waals surface area contributed by atoms with Gasteiger partial charge in [-0.25, -0.2) is 0 Å². The van der Waals surface area contributed by atoms with Gasteiger partial charge in [-0.2, -0.15) is 0 Å². The normalized spacial score (nSPS) is 13.9. The lowest BCUT2D eigenvalue weighted by molar-refractivity contribution is 0.0759. The summed E-state index contributed by atoms with van der Waals surface area (Å²) in [6.07, 6.45) is 3.36. The maximum atomic E-state index is 12.6. The third kappa shape index (κ3) is 3.04. The molecule has 0 bridgehead atoms. The number of pyridine rings is 1. The zero-order valence-corrected chi connectivity index (χ0v) is 12.7. The predicted molar refractivity (Wildman–Crippen MR) is 82.2 cm³/mol. The topological polar surface area (TPSA) is 50.3 Å². The molecule has 1 aromatic heterocycles. The van der Waals surface area contributed by atoms with Crippen molar-refractivity contribution in [2.24, 2.45) is 0 Å². The average Bonchev–Trinajstić information content (AvgIpc) is 2.44. The number of hydrogen-bond donors (Lipinski definition) is 0. The van der Waals surface area contributed by atoms with Crippen molar-refractivity contribution in [3.05, 3.63) is 42.1 Å². The van der Waals surface area contributed by atoms with Gasteiger partial charge < -0.3 is 4.90 Å². The van der Waals surface area contributed by atoms with Gasteiger partial charge in [0.05, 0.1) is 5.52 Å². The van der Waals surface area contributed by atoms with E-state index in [2.05, 4.69) is 4.98 Å². The van der Waals surface area contributed by atoms with E-state index in [9.17, 15) is 9.00 Å². The summed E-state index contributed by atoms with van der Waals surface area (Å²) in [6.45, 7) is 1.91. The third-order valence-electron chi connectivity index (χ3n) is 3.33. The number of hydrogen-bond acceptors (Lipinski definition) is 3. The van der Waals surface area contributed by atoms with Gasteiger partial charge in [0.1, 0.15) is 0 Å². The molecule has 20 heavy (non-hydrogen) atoms. The molecular formula is C15H18N2O2S. The lowest BCUT2D eigenvalue weighted by atomic mass is 10.1. The Labute approximate surface area is 121 Å². The molecule has 0 unspecified atom stereocenters. The predicted octanol–water partition coefficient (Wildman–Crippen LogP) is 2.07. The smallest absolute Gasteiger partial charge is 0.254 e. The van der Waals surface area contributed by atoms with Gasteiger partial charge in [0.25, 0.3) is 5.91 Å². The van der Waals surface area contributed by atoms with E-state index in [0.29, 0.717) is 11.3 Å². The Morgan fingerprint density at radius 2 is 2.10 bits per heavy atom. The number of rotatable bonds is 4. The number of amides is 1. The minimum Gasteiger partial charge on any atom is -0.338 e. The first-order chi connectivity index (χ1) is 9.50. The molecule has 1 aromatic carbocycles. The zero-order chi connectivity index (χ0) is 14.7. The summed E-state index contributed by atoms with van der Waals surface area (Å²) in [7, 11) is 0.823. The van der Waals surface area contributed by atoms with Crippen LogP contribution in [0.5, 0.6) is 0 Å². The van der Waals surface area contributed by atoms with Crippen LogP contribution in [0.1, 0.15) is 17.3 Å². The molecule has 0 aliphatic heterocycles. The van der Waals surface area contributed by atoms with Crippen molar-refractivity contribution >= 4 is 27.6 Å². The van der Waals surface area contributed by atoms with Crippen LogP contribution in [0.15, 0.2) is 36.5 Å². The second-order valence-electron chi connectivity index (χ2n) is 4.88. The molecule has 0 saturated heterocycles. The highest BCUT2D eigenvalue weighted by molar-refractivity contribution is 7.84. The first-order valence-corrected chi connectivity index (χ1v) is 8.14. The number of fused-ring (bicyclic) bond motifs is 1. The fraction of sp³-hybridized carbons (Fsp3) is 0.333. The zero-order valence-electron chi connectivity index (χ0n) is 11.9. The molecule has 106 valence electrons. The average molecular weight is 290 g/mol. The van der Waals surface area contributed by atoms with Crippen molar-refractivity contribution in [3.8, 4) is 0 Å². The summed E-state index contributed by atoms with van der Waals surface area (Å²) < 4.78 is 11.3. The van der Waals surface area contributed by atoms with E-state index in [-0.39, 0.29) is 11.9 Å². The number of carbonyl (C=O) groups is 1. The molecule has 0 N–H and O–H groups in total. The maximum Gasteiger partial charge on any atom is 0.254 e. The van der Waals surface area contributed by atoms with Crippen LogP contribution in [0, 0.1) is 0 Å². The van der Waals surface area contributed by atoms with Crippen LogP contribution in [0.2, 0.25) is 0 Å². The number of nitrogens with zero attached hydrogens (tertiary/aromatic N) is 2. The van der Waals surface area contributed by atoms with Gasteiger partial charge in [0.2, 0.25) is 0 Å².